The maximum atomic E-state index is 4.60. The smallest absolute Gasteiger partial charge is 0.137 e. The van der Waals surface area contributed by atoms with Crippen molar-refractivity contribution in [1.82, 2.24) is 14.9 Å². The van der Waals surface area contributed by atoms with E-state index in [1.54, 1.807) is 6.33 Å². The summed E-state index contributed by atoms with van der Waals surface area (Å²) in [5.41, 5.74) is 1.27. The van der Waals surface area contributed by atoms with Crippen LogP contribution in [0.1, 0.15) is 38.7 Å². The molecule has 21 heavy (non-hydrogen) atoms. The van der Waals surface area contributed by atoms with Crippen molar-refractivity contribution in [2.45, 2.75) is 45.6 Å². The van der Waals surface area contributed by atoms with Crippen molar-refractivity contribution in [3.05, 3.63) is 11.9 Å². The van der Waals surface area contributed by atoms with E-state index in [0.717, 1.165) is 31.0 Å². The highest BCUT2D eigenvalue weighted by atomic mass is 15.2. The predicted octanol–water partition coefficient (Wildman–Crippen LogP) is 2.39. The molecule has 0 aliphatic carbocycles. The van der Waals surface area contributed by atoms with Crippen LogP contribution in [0.15, 0.2) is 6.33 Å². The van der Waals surface area contributed by atoms with Crippen LogP contribution in [0, 0.1) is 0 Å². The Morgan fingerprint density at radius 1 is 1.29 bits per heavy atom. The van der Waals surface area contributed by atoms with Gasteiger partial charge in [0.1, 0.15) is 18.0 Å². The summed E-state index contributed by atoms with van der Waals surface area (Å²) >= 11 is 0. The molecule has 1 aromatic heterocycles. The van der Waals surface area contributed by atoms with E-state index < -0.39 is 0 Å². The SMILES string of the molecule is CCCc1c(NCC)ncnc1N(C)C1CCN(C)CC1. The lowest BCUT2D eigenvalue weighted by Gasteiger charge is -2.36. The fourth-order valence-corrected chi connectivity index (χ4v) is 3.06. The van der Waals surface area contributed by atoms with Crippen LogP contribution in [0.2, 0.25) is 0 Å². The minimum atomic E-state index is 0.584. The number of piperidine rings is 1. The first-order chi connectivity index (χ1) is 10.2. The highest BCUT2D eigenvalue weighted by Crippen LogP contribution is 2.28. The molecule has 1 saturated heterocycles. The van der Waals surface area contributed by atoms with Crippen molar-refractivity contribution in [2.24, 2.45) is 0 Å². The Bertz CT molecular complexity index is 440. The Labute approximate surface area is 128 Å². The fraction of sp³-hybridized carbons (Fsp3) is 0.750. The molecule has 2 heterocycles. The Balaban J connectivity index is 2.22. The molecule has 0 bridgehead atoms. The zero-order valence-electron chi connectivity index (χ0n) is 13.9. The third-order valence-electron chi connectivity index (χ3n) is 4.34. The number of nitrogens with one attached hydrogen (secondary N) is 1. The van der Waals surface area contributed by atoms with Crippen molar-refractivity contribution in [3.8, 4) is 0 Å². The van der Waals surface area contributed by atoms with Gasteiger partial charge in [0.2, 0.25) is 0 Å². The zero-order valence-corrected chi connectivity index (χ0v) is 13.9. The quantitative estimate of drug-likeness (QED) is 0.872. The van der Waals surface area contributed by atoms with Crippen molar-refractivity contribution < 1.29 is 0 Å². The first-order valence-corrected chi connectivity index (χ1v) is 8.16. The van der Waals surface area contributed by atoms with Crippen LogP contribution < -0.4 is 10.2 Å². The Hall–Kier alpha value is -1.36. The molecule has 0 unspecified atom stereocenters. The zero-order chi connectivity index (χ0) is 15.2. The van der Waals surface area contributed by atoms with Gasteiger partial charge in [0.25, 0.3) is 0 Å². The minimum absolute atomic E-state index is 0.584. The van der Waals surface area contributed by atoms with E-state index >= 15 is 0 Å². The largest absolute Gasteiger partial charge is 0.370 e. The molecule has 118 valence electrons. The van der Waals surface area contributed by atoms with E-state index in [1.165, 1.54) is 31.5 Å². The first kappa shape index (κ1) is 16.0. The number of aromatic nitrogens is 2. The molecule has 2 rings (SSSR count). The summed E-state index contributed by atoms with van der Waals surface area (Å²) in [4.78, 5) is 13.8. The molecule has 0 atom stereocenters. The van der Waals surface area contributed by atoms with E-state index in [4.69, 9.17) is 0 Å². The van der Waals surface area contributed by atoms with Crippen molar-refractivity contribution >= 4 is 11.6 Å². The lowest BCUT2D eigenvalue weighted by molar-refractivity contribution is 0.252. The van der Waals surface area contributed by atoms with E-state index in [-0.39, 0.29) is 0 Å². The molecule has 5 nitrogen and oxygen atoms in total. The second-order valence-electron chi connectivity index (χ2n) is 5.95. The molecular weight excluding hydrogens is 262 g/mol. The van der Waals surface area contributed by atoms with Crippen molar-refractivity contribution in [1.29, 1.82) is 0 Å². The monoisotopic (exact) mass is 291 g/mol. The van der Waals surface area contributed by atoms with Gasteiger partial charge in [-0.2, -0.15) is 0 Å². The van der Waals surface area contributed by atoms with Gasteiger partial charge in [0.05, 0.1) is 0 Å². The molecule has 1 fully saturated rings. The summed E-state index contributed by atoms with van der Waals surface area (Å²) in [5, 5.41) is 3.38. The molecule has 5 heteroatoms. The predicted molar refractivity (Wildman–Crippen MR) is 89.1 cm³/mol. The van der Waals surface area contributed by atoms with Crippen LogP contribution >= 0.6 is 0 Å². The summed E-state index contributed by atoms with van der Waals surface area (Å²) in [6, 6.07) is 0.584. The number of nitrogens with zero attached hydrogens (tertiary/aromatic N) is 4. The Morgan fingerprint density at radius 3 is 2.62 bits per heavy atom. The van der Waals surface area contributed by atoms with Crippen LogP contribution in [0.5, 0.6) is 0 Å². The van der Waals surface area contributed by atoms with Gasteiger partial charge in [0, 0.05) is 25.2 Å². The van der Waals surface area contributed by atoms with Gasteiger partial charge in [0.15, 0.2) is 0 Å². The van der Waals surface area contributed by atoms with Crippen LogP contribution in [0.3, 0.4) is 0 Å². The Morgan fingerprint density at radius 2 is 2.00 bits per heavy atom. The highest BCUT2D eigenvalue weighted by molar-refractivity contribution is 5.59. The maximum Gasteiger partial charge on any atom is 0.137 e. The molecule has 0 radical (unpaired) electrons. The minimum Gasteiger partial charge on any atom is -0.370 e. The number of hydrogen-bond donors (Lipinski definition) is 1. The van der Waals surface area contributed by atoms with Gasteiger partial charge in [-0.1, -0.05) is 13.3 Å². The van der Waals surface area contributed by atoms with Gasteiger partial charge in [-0.3, -0.25) is 0 Å². The van der Waals surface area contributed by atoms with Gasteiger partial charge in [-0.15, -0.1) is 0 Å². The van der Waals surface area contributed by atoms with Crippen LogP contribution in [-0.2, 0) is 6.42 Å². The number of rotatable bonds is 6. The first-order valence-electron chi connectivity index (χ1n) is 8.16. The second kappa shape index (κ2) is 7.59. The number of anilines is 2. The molecule has 0 amide bonds. The third kappa shape index (κ3) is 3.84. The topological polar surface area (TPSA) is 44.3 Å². The number of likely N-dealkylation sites (tertiary alicyclic amines) is 1. The standard InChI is InChI=1S/C16H29N5/c1-5-7-14-15(17-6-2)18-12-19-16(14)21(4)13-8-10-20(3)11-9-13/h12-13H,5-11H2,1-4H3,(H,17,18,19). The molecule has 1 aliphatic rings. The summed E-state index contributed by atoms with van der Waals surface area (Å²) in [6.07, 6.45) is 6.24. The van der Waals surface area contributed by atoms with E-state index in [0.29, 0.717) is 6.04 Å². The lowest BCUT2D eigenvalue weighted by Crippen LogP contribution is -2.42. The molecule has 0 spiro atoms. The molecule has 0 aromatic carbocycles. The average molecular weight is 291 g/mol. The Kier molecular flexibility index (Phi) is 5.79. The second-order valence-corrected chi connectivity index (χ2v) is 5.95. The molecule has 1 N–H and O–H groups in total. The summed E-state index contributed by atoms with van der Waals surface area (Å²) in [6.45, 7) is 7.55. The van der Waals surface area contributed by atoms with Gasteiger partial charge in [-0.05, 0) is 46.3 Å². The highest BCUT2D eigenvalue weighted by Gasteiger charge is 2.24. The maximum absolute atomic E-state index is 4.60. The van der Waals surface area contributed by atoms with Gasteiger partial charge < -0.3 is 15.1 Å². The number of hydrogen-bond acceptors (Lipinski definition) is 5. The molecule has 1 aromatic rings. The van der Waals surface area contributed by atoms with Crippen LogP contribution in [0.4, 0.5) is 11.6 Å². The summed E-state index contributed by atoms with van der Waals surface area (Å²) in [5.74, 6) is 2.11. The molecule has 0 saturated carbocycles. The summed E-state index contributed by atoms with van der Waals surface area (Å²) in [7, 11) is 4.39. The fourth-order valence-electron chi connectivity index (χ4n) is 3.06. The van der Waals surface area contributed by atoms with Crippen LogP contribution in [-0.4, -0.2) is 54.6 Å². The molecule has 1 aliphatic heterocycles. The van der Waals surface area contributed by atoms with Gasteiger partial charge in [-0.25, -0.2) is 9.97 Å². The third-order valence-corrected chi connectivity index (χ3v) is 4.34. The van der Waals surface area contributed by atoms with E-state index in [9.17, 15) is 0 Å². The normalized spacial score (nSPS) is 17.0. The molecular formula is C16H29N5. The van der Waals surface area contributed by atoms with Crippen molar-refractivity contribution in [3.63, 3.8) is 0 Å². The van der Waals surface area contributed by atoms with Gasteiger partial charge >= 0.3 is 0 Å². The van der Waals surface area contributed by atoms with Crippen LogP contribution in [0.25, 0.3) is 0 Å². The lowest BCUT2D eigenvalue weighted by atomic mass is 10.0. The van der Waals surface area contributed by atoms with E-state index in [1.807, 2.05) is 0 Å². The van der Waals surface area contributed by atoms with Crippen molar-refractivity contribution in [2.75, 3.05) is 43.9 Å². The summed E-state index contributed by atoms with van der Waals surface area (Å²) < 4.78 is 0. The van der Waals surface area contributed by atoms with E-state index in [2.05, 4.69) is 53.0 Å². The average Bonchev–Trinajstić information content (AvgIpc) is 2.49.